The first kappa shape index (κ1) is 18.9. The zero-order valence-corrected chi connectivity index (χ0v) is 15.0. The van der Waals surface area contributed by atoms with E-state index < -0.39 is 10.9 Å². The van der Waals surface area contributed by atoms with Gasteiger partial charge in [0, 0.05) is 12.1 Å². The number of nitro groups is 1. The Labute approximate surface area is 160 Å². The van der Waals surface area contributed by atoms with Gasteiger partial charge in [0.25, 0.3) is 5.69 Å². The Morgan fingerprint density at radius 3 is 2.21 bits per heavy atom. The number of aromatic hydroxyl groups is 1. The summed E-state index contributed by atoms with van der Waals surface area (Å²) in [6.07, 6.45) is 0. The summed E-state index contributed by atoms with van der Waals surface area (Å²) in [5.74, 6) is 0.326. The Morgan fingerprint density at radius 1 is 1.00 bits per heavy atom. The zero-order chi connectivity index (χ0) is 20.1. The zero-order valence-electron chi connectivity index (χ0n) is 15.0. The van der Waals surface area contributed by atoms with Crippen molar-refractivity contribution in [2.45, 2.75) is 13.5 Å². The Bertz CT molecular complexity index is 996. The number of benzene rings is 3. The molecule has 0 bridgehead atoms. The summed E-state index contributed by atoms with van der Waals surface area (Å²) in [5.41, 5.74) is 1.46. The fourth-order valence-electron chi connectivity index (χ4n) is 2.48. The average molecular weight is 379 g/mol. The lowest BCUT2D eigenvalue weighted by molar-refractivity contribution is -0.384. The second kappa shape index (κ2) is 8.22. The molecule has 7 nitrogen and oxygen atoms in total. The lowest BCUT2D eigenvalue weighted by atomic mass is 10.1. The molecule has 3 rings (SSSR count). The van der Waals surface area contributed by atoms with Crippen molar-refractivity contribution >= 4 is 11.7 Å². The lowest BCUT2D eigenvalue weighted by Crippen LogP contribution is -2.06. The summed E-state index contributed by atoms with van der Waals surface area (Å²) in [6.45, 7) is 1.75. The number of aryl methyl sites for hydroxylation is 1. The molecule has 0 amide bonds. The first-order valence-corrected chi connectivity index (χ1v) is 8.41. The smallest absolute Gasteiger partial charge is 0.342 e. The van der Waals surface area contributed by atoms with Gasteiger partial charge in [-0.05, 0) is 48.4 Å². The maximum atomic E-state index is 12.1. The van der Waals surface area contributed by atoms with E-state index in [0.29, 0.717) is 17.1 Å². The molecule has 142 valence electrons. The van der Waals surface area contributed by atoms with Crippen molar-refractivity contribution in [2.24, 2.45) is 0 Å². The number of para-hydroxylation sites is 1. The highest BCUT2D eigenvalue weighted by Crippen LogP contribution is 2.25. The molecule has 0 aliphatic rings. The number of esters is 1. The van der Waals surface area contributed by atoms with Crippen molar-refractivity contribution < 1.29 is 24.3 Å². The maximum absolute atomic E-state index is 12.1. The highest BCUT2D eigenvalue weighted by Gasteiger charge is 2.14. The van der Waals surface area contributed by atoms with E-state index >= 15 is 0 Å². The molecule has 0 unspecified atom stereocenters. The van der Waals surface area contributed by atoms with Gasteiger partial charge in [-0.2, -0.15) is 0 Å². The molecular weight excluding hydrogens is 362 g/mol. The summed E-state index contributed by atoms with van der Waals surface area (Å²) in [4.78, 5) is 22.3. The van der Waals surface area contributed by atoms with E-state index in [4.69, 9.17) is 9.47 Å². The van der Waals surface area contributed by atoms with Crippen LogP contribution in [0.15, 0.2) is 66.7 Å². The highest BCUT2D eigenvalue weighted by atomic mass is 16.6. The van der Waals surface area contributed by atoms with Gasteiger partial charge in [-0.3, -0.25) is 10.1 Å². The van der Waals surface area contributed by atoms with Crippen LogP contribution >= 0.6 is 0 Å². The Kier molecular flexibility index (Phi) is 5.55. The number of nitro benzene ring substituents is 1. The molecule has 0 aromatic heterocycles. The van der Waals surface area contributed by atoms with Gasteiger partial charge >= 0.3 is 5.97 Å². The highest BCUT2D eigenvalue weighted by molar-refractivity contribution is 5.92. The first-order chi connectivity index (χ1) is 13.4. The number of non-ortho nitro benzene ring substituents is 1. The van der Waals surface area contributed by atoms with Crippen LogP contribution < -0.4 is 4.74 Å². The molecule has 1 N–H and O–H groups in total. The molecule has 0 saturated heterocycles. The van der Waals surface area contributed by atoms with E-state index in [1.807, 2.05) is 0 Å². The minimum atomic E-state index is -0.604. The summed E-state index contributed by atoms with van der Waals surface area (Å²) >= 11 is 0. The molecule has 7 heteroatoms. The molecule has 3 aromatic carbocycles. The maximum Gasteiger partial charge on any atom is 0.342 e. The number of hydrogen-bond donors (Lipinski definition) is 1. The van der Waals surface area contributed by atoms with Crippen LogP contribution in [0.25, 0.3) is 0 Å². The van der Waals surface area contributed by atoms with Gasteiger partial charge in [0.2, 0.25) is 0 Å². The van der Waals surface area contributed by atoms with Crippen LogP contribution in [0, 0.1) is 17.0 Å². The Balaban J connectivity index is 1.59. The van der Waals surface area contributed by atoms with Crippen molar-refractivity contribution in [1.29, 1.82) is 0 Å². The number of rotatable bonds is 6. The predicted octanol–water partition coefficient (Wildman–Crippen LogP) is 4.76. The monoisotopic (exact) mass is 379 g/mol. The van der Waals surface area contributed by atoms with E-state index in [9.17, 15) is 20.0 Å². The van der Waals surface area contributed by atoms with Crippen LogP contribution in [0.2, 0.25) is 0 Å². The number of phenols is 1. The molecule has 0 heterocycles. The van der Waals surface area contributed by atoms with Gasteiger partial charge in [0.15, 0.2) is 0 Å². The van der Waals surface area contributed by atoms with Crippen molar-refractivity contribution in [3.63, 3.8) is 0 Å². The third-order valence-corrected chi connectivity index (χ3v) is 4.03. The van der Waals surface area contributed by atoms with Gasteiger partial charge in [0.1, 0.15) is 29.4 Å². The van der Waals surface area contributed by atoms with E-state index in [1.54, 1.807) is 43.3 Å². The van der Waals surface area contributed by atoms with Gasteiger partial charge in [-0.15, -0.1) is 0 Å². The summed E-state index contributed by atoms with van der Waals surface area (Å²) < 4.78 is 10.9. The van der Waals surface area contributed by atoms with Gasteiger partial charge in [-0.25, -0.2) is 4.79 Å². The molecule has 0 saturated carbocycles. The number of carbonyl (C=O) groups is 1. The number of ether oxygens (including phenoxy) is 2. The average Bonchev–Trinajstić information content (AvgIpc) is 2.69. The third-order valence-electron chi connectivity index (χ3n) is 4.03. The Morgan fingerprint density at radius 2 is 1.61 bits per heavy atom. The number of carbonyl (C=O) groups excluding carboxylic acids is 1. The minimum absolute atomic E-state index is 0.0100. The summed E-state index contributed by atoms with van der Waals surface area (Å²) in [7, 11) is 0. The van der Waals surface area contributed by atoms with Crippen molar-refractivity contribution in [3.8, 4) is 17.2 Å². The predicted molar refractivity (Wildman–Crippen MR) is 102 cm³/mol. The molecule has 0 fully saturated rings. The van der Waals surface area contributed by atoms with Crippen LogP contribution in [0.5, 0.6) is 17.2 Å². The van der Waals surface area contributed by atoms with E-state index in [2.05, 4.69) is 0 Å². The van der Waals surface area contributed by atoms with Crippen LogP contribution in [0.1, 0.15) is 21.5 Å². The standard InChI is InChI=1S/C21H17NO6/c1-14-3-2-4-19(20(14)23)21(24)27-13-15-5-9-17(10-6-15)28-18-11-7-16(8-12-18)22(25)26/h2-12,23H,13H2,1H3. The normalized spacial score (nSPS) is 10.3. The molecule has 3 aromatic rings. The number of phenolic OH excluding ortho intramolecular Hbond substituents is 1. The Hall–Kier alpha value is -3.87. The van der Waals surface area contributed by atoms with Crippen LogP contribution in [0.3, 0.4) is 0 Å². The second-order valence-electron chi connectivity index (χ2n) is 6.04. The fraction of sp³-hybridized carbons (Fsp3) is 0.0952. The molecular formula is C21H17NO6. The summed E-state index contributed by atoms with van der Waals surface area (Å²) in [5, 5.41) is 20.6. The SMILES string of the molecule is Cc1cccc(C(=O)OCc2ccc(Oc3ccc([N+](=O)[O-])cc3)cc2)c1O. The van der Waals surface area contributed by atoms with Crippen LogP contribution in [0.4, 0.5) is 5.69 Å². The largest absolute Gasteiger partial charge is 0.507 e. The first-order valence-electron chi connectivity index (χ1n) is 8.41. The minimum Gasteiger partial charge on any atom is -0.507 e. The van der Waals surface area contributed by atoms with Gasteiger partial charge in [-0.1, -0.05) is 24.3 Å². The quantitative estimate of drug-likeness (QED) is 0.377. The molecule has 0 aliphatic carbocycles. The van der Waals surface area contributed by atoms with Crippen molar-refractivity contribution in [2.75, 3.05) is 0 Å². The molecule has 0 spiro atoms. The topological polar surface area (TPSA) is 98.9 Å². The molecule has 0 aliphatic heterocycles. The molecule has 28 heavy (non-hydrogen) atoms. The lowest BCUT2D eigenvalue weighted by Gasteiger charge is -2.09. The molecule has 0 radical (unpaired) electrons. The third kappa shape index (κ3) is 4.45. The molecule has 0 atom stereocenters. The van der Waals surface area contributed by atoms with Gasteiger partial charge in [0.05, 0.1) is 4.92 Å². The second-order valence-corrected chi connectivity index (χ2v) is 6.04. The van der Waals surface area contributed by atoms with E-state index in [1.165, 1.54) is 30.3 Å². The van der Waals surface area contributed by atoms with Crippen LogP contribution in [-0.2, 0) is 11.3 Å². The van der Waals surface area contributed by atoms with Crippen molar-refractivity contribution in [3.05, 3.63) is 93.5 Å². The van der Waals surface area contributed by atoms with Crippen LogP contribution in [-0.4, -0.2) is 16.0 Å². The fourth-order valence-corrected chi connectivity index (χ4v) is 2.48. The summed E-state index contributed by atoms with van der Waals surface area (Å²) in [6, 6.07) is 17.5. The van der Waals surface area contributed by atoms with Crippen molar-refractivity contribution in [1.82, 2.24) is 0 Å². The number of nitrogens with zero attached hydrogens (tertiary/aromatic N) is 1. The van der Waals surface area contributed by atoms with Gasteiger partial charge < -0.3 is 14.6 Å². The number of hydrogen-bond acceptors (Lipinski definition) is 6. The van der Waals surface area contributed by atoms with E-state index in [0.717, 1.165) is 5.56 Å². The van der Waals surface area contributed by atoms with E-state index in [-0.39, 0.29) is 23.6 Å².